The van der Waals surface area contributed by atoms with E-state index >= 15 is 0 Å². The number of hydrogen-bond donors (Lipinski definition) is 3. The summed E-state index contributed by atoms with van der Waals surface area (Å²) in [6.45, 7) is 3.00. The quantitative estimate of drug-likeness (QED) is 0.654. The van der Waals surface area contributed by atoms with Crippen molar-refractivity contribution in [2.75, 3.05) is 6.54 Å². The maximum Gasteiger partial charge on any atom is 0.152 e. The minimum atomic E-state index is -0.526. The van der Waals surface area contributed by atoms with Crippen molar-refractivity contribution in [3.05, 3.63) is 65.5 Å². The molecule has 0 amide bonds. The Hall–Kier alpha value is -2.37. The molecule has 3 rings (SSSR count). The summed E-state index contributed by atoms with van der Waals surface area (Å²) in [6.07, 6.45) is 1.25. The summed E-state index contributed by atoms with van der Waals surface area (Å²) in [4.78, 5) is 0. The third-order valence-corrected chi connectivity index (χ3v) is 3.54. The Morgan fingerprint density at radius 2 is 2.05 bits per heavy atom. The summed E-state index contributed by atoms with van der Waals surface area (Å²) in [6, 6.07) is 13.5. The van der Waals surface area contributed by atoms with Crippen molar-refractivity contribution in [2.24, 2.45) is 0 Å². The Labute approximate surface area is 129 Å². The monoisotopic (exact) mass is 297 g/mol. The summed E-state index contributed by atoms with van der Waals surface area (Å²) in [5.41, 5.74) is 2.79. The Kier molecular flexibility index (Phi) is 4.37. The molecule has 2 heterocycles. The van der Waals surface area contributed by atoms with Crippen molar-refractivity contribution < 1.29 is 9.52 Å². The first-order valence-corrected chi connectivity index (χ1v) is 7.27. The second-order valence-corrected chi connectivity index (χ2v) is 5.24. The average molecular weight is 297 g/mol. The molecule has 22 heavy (non-hydrogen) atoms. The molecule has 0 fully saturated rings. The highest BCUT2D eigenvalue weighted by molar-refractivity contribution is 5.56. The molecule has 0 radical (unpaired) electrons. The fourth-order valence-corrected chi connectivity index (χ4v) is 2.36. The predicted molar refractivity (Wildman–Crippen MR) is 84.1 cm³/mol. The lowest BCUT2D eigenvalue weighted by Gasteiger charge is -2.12. The minimum absolute atomic E-state index is 0.478. The highest BCUT2D eigenvalue weighted by Gasteiger charge is 2.12. The van der Waals surface area contributed by atoms with E-state index in [0.717, 1.165) is 28.3 Å². The second-order valence-electron chi connectivity index (χ2n) is 5.24. The number of nitrogens with zero attached hydrogens (tertiary/aromatic N) is 1. The smallest absolute Gasteiger partial charge is 0.152 e. The number of aryl methyl sites for hydroxylation is 1. The number of benzene rings is 1. The fraction of sp³-hybridized carbons (Fsp3) is 0.235. The summed E-state index contributed by atoms with van der Waals surface area (Å²) in [7, 11) is 0. The van der Waals surface area contributed by atoms with Gasteiger partial charge in [-0.3, -0.25) is 5.10 Å². The van der Waals surface area contributed by atoms with E-state index in [1.54, 1.807) is 6.20 Å². The van der Waals surface area contributed by atoms with Crippen LogP contribution in [0.15, 0.2) is 53.1 Å². The Balaban J connectivity index is 1.60. The van der Waals surface area contributed by atoms with Crippen LogP contribution in [0.1, 0.15) is 23.0 Å². The Morgan fingerprint density at radius 3 is 2.77 bits per heavy atom. The van der Waals surface area contributed by atoms with E-state index in [4.69, 9.17) is 4.42 Å². The van der Waals surface area contributed by atoms with E-state index in [0.29, 0.717) is 13.1 Å². The zero-order valence-electron chi connectivity index (χ0n) is 12.4. The van der Waals surface area contributed by atoms with Gasteiger partial charge in [0.1, 0.15) is 11.5 Å². The Bertz CT molecular complexity index is 718. The van der Waals surface area contributed by atoms with Crippen LogP contribution in [0.5, 0.6) is 0 Å². The standard InChI is InChI=1S/C17H19N3O2/c1-12-7-8-16(22-12)17-14(10-19-20-17)9-18-11-15(21)13-5-3-2-4-6-13/h2-8,10,15,18,21H,9,11H2,1H3,(H,19,20)/t15-/m0/s1. The molecule has 0 aliphatic heterocycles. The van der Waals surface area contributed by atoms with Crippen LogP contribution in [0.3, 0.4) is 0 Å². The molecule has 0 aliphatic rings. The highest BCUT2D eigenvalue weighted by Crippen LogP contribution is 2.23. The largest absolute Gasteiger partial charge is 0.460 e. The van der Waals surface area contributed by atoms with Crippen LogP contribution in [0, 0.1) is 6.92 Å². The first-order chi connectivity index (χ1) is 10.7. The van der Waals surface area contributed by atoms with Crippen LogP contribution >= 0.6 is 0 Å². The molecule has 0 bridgehead atoms. The zero-order valence-corrected chi connectivity index (χ0v) is 12.4. The first-order valence-electron chi connectivity index (χ1n) is 7.27. The van der Waals surface area contributed by atoms with Crippen molar-refractivity contribution >= 4 is 0 Å². The second kappa shape index (κ2) is 6.60. The number of nitrogens with one attached hydrogen (secondary N) is 2. The summed E-state index contributed by atoms with van der Waals surface area (Å²) >= 11 is 0. The summed E-state index contributed by atoms with van der Waals surface area (Å²) in [5, 5.41) is 20.4. The van der Waals surface area contributed by atoms with Gasteiger partial charge < -0.3 is 14.8 Å². The van der Waals surface area contributed by atoms with E-state index < -0.39 is 6.10 Å². The third kappa shape index (κ3) is 3.27. The van der Waals surface area contributed by atoms with E-state index in [1.165, 1.54) is 0 Å². The number of aliphatic hydroxyl groups excluding tert-OH is 1. The first kappa shape index (κ1) is 14.6. The lowest BCUT2D eigenvalue weighted by Crippen LogP contribution is -2.21. The number of rotatable bonds is 6. The molecule has 3 N–H and O–H groups in total. The fourth-order valence-electron chi connectivity index (χ4n) is 2.36. The molecule has 114 valence electrons. The van der Waals surface area contributed by atoms with E-state index in [9.17, 15) is 5.11 Å². The highest BCUT2D eigenvalue weighted by atomic mass is 16.3. The minimum Gasteiger partial charge on any atom is -0.460 e. The van der Waals surface area contributed by atoms with E-state index in [1.807, 2.05) is 49.4 Å². The maximum atomic E-state index is 10.1. The molecule has 3 aromatic rings. The lowest BCUT2D eigenvalue weighted by atomic mass is 10.1. The van der Waals surface area contributed by atoms with E-state index in [-0.39, 0.29) is 0 Å². The van der Waals surface area contributed by atoms with Gasteiger partial charge in [-0.25, -0.2) is 0 Å². The van der Waals surface area contributed by atoms with Crippen molar-refractivity contribution in [1.29, 1.82) is 0 Å². The number of aromatic nitrogens is 2. The molecule has 5 heteroatoms. The van der Waals surface area contributed by atoms with Crippen LogP contribution in [0.2, 0.25) is 0 Å². The van der Waals surface area contributed by atoms with Crippen molar-refractivity contribution in [1.82, 2.24) is 15.5 Å². The van der Waals surface area contributed by atoms with Gasteiger partial charge in [-0.15, -0.1) is 0 Å². The zero-order chi connectivity index (χ0) is 15.4. The Morgan fingerprint density at radius 1 is 1.23 bits per heavy atom. The van der Waals surface area contributed by atoms with Gasteiger partial charge in [-0.1, -0.05) is 30.3 Å². The van der Waals surface area contributed by atoms with Crippen LogP contribution in [0.4, 0.5) is 0 Å². The van der Waals surface area contributed by atoms with Gasteiger partial charge in [-0.05, 0) is 24.6 Å². The van der Waals surface area contributed by atoms with Gasteiger partial charge >= 0.3 is 0 Å². The van der Waals surface area contributed by atoms with Crippen LogP contribution in [-0.4, -0.2) is 21.8 Å². The number of furan rings is 1. The summed E-state index contributed by atoms with van der Waals surface area (Å²) < 4.78 is 5.62. The molecule has 1 atom stereocenters. The average Bonchev–Trinajstić information content (AvgIpc) is 3.16. The lowest BCUT2D eigenvalue weighted by molar-refractivity contribution is 0.174. The van der Waals surface area contributed by atoms with Gasteiger partial charge in [0.25, 0.3) is 0 Å². The molecule has 0 aliphatic carbocycles. The topological polar surface area (TPSA) is 74.1 Å². The summed E-state index contributed by atoms with van der Waals surface area (Å²) in [5.74, 6) is 1.64. The number of aliphatic hydroxyl groups is 1. The maximum absolute atomic E-state index is 10.1. The van der Waals surface area contributed by atoms with Crippen LogP contribution in [-0.2, 0) is 6.54 Å². The molecule has 1 aromatic carbocycles. The SMILES string of the molecule is Cc1ccc(-c2[nH]ncc2CNC[C@H](O)c2ccccc2)o1. The molecule has 5 nitrogen and oxygen atoms in total. The molecular formula is C17H19N3O2. The van der Waals surface area contributed by atoms with Crippen molar-refractivity contribution in [3.63, 3.8) is 0 Å². The molecule has 0 unspecified atom stereocenters. The van der Waals surface area contributed by atoms with Crippen molar-refractivity contribution in [2.45, 2.75) is 19.6 Å². The van der Waals surface area contributed by atoms with Crippen molar-refractivity contribution in [3.8, 4) is 11.5 Å². The van der Waals surface area contributed by atoms with Gasteiger partial charge in [0.05, 0.1) is 12.3 Å². The van der Waals surface area contributed by atoms with E-state index in [2.05, 4.69) is 15.5 Å². The predicted octanol–water partition coefficient (Wildman–Crippen LogP) is 2.80. The third-order valence-electron chi connectivity index (χ3n) is 3.54. The molecular weight excluding hydrogens is 278 g/mol. The number of hydrogen-bond acceptors (Lipinski definition) is 4. The van der Waals surface area contributed by atoms with Crippen LogP contribution < -0.4 is 5.32 Å². The van der Waals surface area contributed by atoms with Gasteiger partial charge in [-0.2, -0.15) is 5.10 Å². The van der Waals surface area contributed by atoms with Gasteiger partial charge in [0, 0.05) is 18.7 Å². The molecule has 2 aromatic heterocycles. The van der Waals surface area contributed by atoms with Gasteiger partial charge in [0.2, 0.25) is 0 Å². The molecule has 0 saturated heterocycles. The van der Waals surface area contributed by atoms with Gasteiger partial charge in [0.15, 0.2) is 5.76 Å². The van der Waals surface area contributed by atoms with Crippen LogP contribution in [0.25, 0.3) is 11.5 Å². The normalized spacial score (nSPS) is 12.5. The number of aromatic amines is 1. The molecule has 0 spiro atoms. The molecule has 0 saturated carbocycles. The number of H-pyrrole nitrogens is 1.